The summed E-state index contributed by atoms with van der Waals surface area (Å²) in [6.45, 7) is 8.71. The minimum atomic E-state index is -0.00506. The standard InChI is InChI=1S/C16H32N4O2.ClH/c1-12(2)10-18-16(22)20-7-5-6-14(11-20)8-15(21)19(4)13(3)9-17;/h12-14H,5-11,17H2,1-4H3,(H,18,22);1H. The third-order valence-corrected chi connectivity index (χ3v) is 4.33. The van der Waals surface area contributed by atoms with Crippen molar-refractivity contribution in [1.29, 1.82) is 0 Å². The van der Waals surface area contributed by atoms with Crippen LogP contribution in [0.25, 0.3) is 0 Å². The van der Waals surface area contributed by atoms with Crippen LogP contribution in [0.15, 0.2) is 0 Å². The van der Waals surface area contributed by atoms with Gasteiger partial charge in [-0.15, -0.1) is 12.4 Å². The minimum Gasteiger partial charge on any atom is -0.342 e. The molecule has 7 heteroatoms. The number of carbonyl (C=O) groups excluding carboxylic acids is 2. The molecule has 1 heterocycles. The Bertz CT molecular complexity index is 379. The zero-order valence-electron chi connectivity index (χ0n) is 14.9. The van der Waals surface area contributed by atoms with Crippen molar-refractivity contribution >= 4 is 24.3 Å². The number of piperidine rings is 1. The zero-order chi connectivity index (χ0) is 16.7. The number of amides is 3. The van der Waals surface area contributed by atoms with Crippen molar-refractivity contribution < 1.29 is 9.59 Å². The van der Waals surface area contributed by atoms with Crippen molar-refractivity contribution in [3.8, 4) is 0 Å². The van der Waals surface area contributed by atoms with Gasteiger partial charge in [0.25, 0.3) is 0 Å². The molecule has 0 radical (unpaired) electrons. The molecule has 3 amide bonds. The highest BCUT2D eigenvalue weighted by Gasteiger charge is 2.27. The van der Waals surface area contributed by atoms with Gasteiger partial charge in [-0.1, -0.05) is 13.8 Å². The van der Waals surface area contributed by atoms with Crippen LogP contribution < -0.4 is 11.1 Å². The maximum Gasteiger partial charge on any atom is 0.317 e. The molecule has 3 N–H and O–H groups in total. The molecule has 136 valence electrons. The van der Waals surface area contributed by atoms with E-state index in [0.717, 1.165) is 19.4 Å². The van der Waals surface area contributed by atoms with E-state index in [1.54, 1.807) is 11.9 Å². The highest BCUT2D eigenvalue weighted by Crippen LogP contribution is 2.20. The van der Waals surface area contributed by atoms with E-state index in [4.69, 9.17) is 5.73 Å². The molecular weight excluding hydrogens is 316 g/mol. The van der Waals surface area contributed by atoms with Gasteiger partial charge in [-0.25, -0.2) is 4.79 Å². The fourth-order valence-electron chi connectivity index (χ4n) is 2.61. The lowest BCUT2D eigenvalue weighted by atomic mass is 9.94. The lowest BCUT2D eigenvalue weighted by Crippen LogP contribution is -2.47. The largest absolute Gasteiger partial charge is 0.342 e. The summed E-state index contributed by atoms with van der Waals surface area (Å²) in [4.78, 5) is 27.9. The Balaban J connectivity index is 0.00000484. The predicted octanol–water partition coefficient (Wildman–Crippen LogP) is 1.68. The molecule has 1 rings (SSSR count). The number of halogens is 1. The topological polar surface area (TPSA) is 78.7 Å². The maximum absolute atomic E-state index is 12.3. The molecule has 6 nitrogen and oxygen atoms in total. The third-order valence-electron chi connectivity index (χ3n) is 4.33. The van der Waals surface area contributed by atoms with Gasteiger partial charge in [0.2, 0.25) is 5.91 Å². The van der Waals surface area contributed by atoms with E-state index >= 15 is 0 Å². The van der Waals surface area contributed by atoms with Gasteiger partial charge in [-0.3, -0.25) is 4.79 Å². The smallest absolute Gasteiger partial charge is 0.317 e. The lowest BCUT2D eigenvalue weighted by molar-refractivity contribution is -0.132. The summed E-state index contributed by atoms with van der Waals surface area (Å²) in [5, 5.41) is 2.95. The average Bonchev–Trinajstić information content (AvgIpc) is 2.51. The molecule has 0 aromatic heterocycles. The van der Waals surface area contributed by atoms with E-state index in [9.17, 15) is 9.59 Å². The molecule has 1 saturated heterocycles. The normalized spacial score (nSPS) is 19.0. The second kappa shape index (κ2) is 10.7. The second-order valence-corrected chi connectivity index (χ2v) is 6.83. The third kappa shape index (κ3) is 7.40. The number of likely N-dealkylation sites (tertiary alicyclic amines) is 1. The van der Waals surface area contributed by atoms with Crippen molar-refractivity contribution in [1.82, 2.24) is 15.1 Å². The number of rotatable bonds is 6. The quantitative estimate of drug-likeness (QED) is 0.766. The predicted molar refractivity (Wildman–Crippen MR) is 95.7 cm³/mol. The van der Waals surface area contributed by atoms with E-state index in [0.29, 0.717) is 32.0 Å². The van der Waals surface area contributed by atoms with Crippen molar-refractivity contribution in [2.45, 2.75) is 46.1 Å². The number of hydrogen-bond donors (Lipinski definition) is 2. The monoisotopic (exact) mass is 348 g/mol. The summed E-state index contributed by atoms with van der Waals surface area (Å²) in [7, 11) is 1.80. The van der Waals surface area contributed by atoms with E-state index < -0.39 is 0 Å². The van der Waals surface area contributed by atoms with Crippen LogP contribution in [0.3, 0.4) is 0 Å². The van der Waals surface area contributed by atoms with Crippen molar-refractivity contribution in [3.05, 3.63) is 0 Å². The number of nitrogens with two attached hydrogens (primary N) is 1. The van der Waals surface area contributed by atoms with Gasteiger partial charge in [0.05, 0.1) is 0 Å². The highest BCUT2D eigenvalue weighted by molar-refractivity contribution is 5.85. The van der Waals surface area contributed by atoms with Crippen molar-refractivity contribution in [2.75, 3.05) is 33.2 Å². The molecule has 0 aromatic rings. The molecule has 1 aliphatic heterocycles. The Morgan fingerprint density at radius 2 is 2.00 bits per heavy atom. The first-order chi connectivity index (χ1) is 10.3. The summed E-state index contributed by atoms with van der Waals surface area (Å²) < 4.78 is 0. The molecule has 2 atom stereocenters. The molecule has 1 aliphatic rings. The summed E-state index contributed by atoms with van der Waals surface area (Å²) in [6.07, 6.45) is 2.46. The number of hydrogen-bond acceptors (Lipinski definition) is 3. The van der Waals surface area contributed by atoms with Gasteiger partial charge >= 0.3 is 6.03 Å². The van der Waals surface area contributed by atoms with E-state index in [-0.39, 0.29) is 36.3 Å². The Labute approximate surface area is 146 Å². The average molecular weight is 349 g/mol. The van der Waals surface area contributed by atoms with Crippen LogP contribution >= 0.6 is 12.4 Å². The van der Waals surface area contributed by atoms with Crippen LogP contribution in [0.1, 0.15) is 40.0 Å². The minimum absolute atomic E-state index is 0. The Morgan fingerprint density at radius 1 is 1.35 bits per heavy atom. The van der Waals surface area contributed by atoms with E-state index in [2.05, 4.69) is 19.2 Å². The zero-order valence-corrected chi connectivity index (χ0v) is 15.7. The Kier molecular flexibility index (Phi) is 10.2. The molecule has 0 spiro atoms. The molecular formula is C16H33ClN4O2. The van der Waals surface area contributed by atoms with Crippen LogP contribution in [-0.2, 0) is 4.79 Å². The number of nitrogens with zero attached hydrogens (tertiary/aromatic N) is 2. The molecule has 23 heavy (non-hydrogen) atoms. The molecule has 2 unspecified atom stereocenters. The maximum atomic E-state index is 12.3. The van der Waals surface area contributed by atoms with Crippen LogP contribution in [0.4, 0.5) is 4.79 Å². The van der Waals surface area contributed by atoms with E-state index in [1.165, 1.54) is 0 Å². The first-order valence-corrected chi connectivity index (χ1v) is 8.33. The summed E-state index contributed by atoms with van der Waals surface area (Å²) in [5.41, 5.74) is 5.61. The first kappa shape index (κ1) is 22.0. The highest BCUT2D eigenvalue weighted by atomic mass is 35.5. The van der Waals surface area contributed by atoms with E-state index in [1.807, 2.05) is 11.8 Å². The number of nitrogens with one attached hydrogen (secondary N) is 1. The van der Waals surface area contributed by atoms with Crippen LogP contribution in [0, 0.1) is 11.8 Å². The number of carbonyl (C=O) groups is 2. The first-order valence-electron chi connectivity index (χ1n) is 8.33. The number of likely N-dealkylation sites (N-methyl/N-ethyl adjacent to an activating group) is 1. The van der Waals surface area contributed by atoms with Crippen LogP contribution in [0.2, 0.25) is 0 Å². The van der Waals surface area contributed by atoms with Gasteiger partial charge in [0, 0.05) is 45.7 Å². The molecule has 0 aliphatic carbocycles. The van der Waals surface area contributed by atoms with Crippen LogP contribution in [0.5, 0.6) is 0 Å². The van der Waals surface area contributed by atoms with Gasteiger partial charge in [0.1, 0.15) is 0 Å². The van der Waals surface area contributed by atoms with Gasteiger partial charge in [-0.05, 0) is 31.6 Å². The second-order valence-electron chi connectivity index (χ2n) is 6.83. The summed E-state index contributed by atoms with van der Waals surface area (Å²) >= 11 is 0. The molecule has 0 bridgehead atoms. The van der Waals surface area contributed by atoms with Crippen LogP contribution in [-0.4, -0.2) is 61.0 Å². The fraction of sp³-hybridized carbons (Fsp3) is 0.875. The van der Waals surface area contributed by atoms with Gasteiger partial charge < -0.3 is 20.9 Å². The molecule has 0 saturated carbocycles. The Hall–Kier alpha value is -1.01. The molecule has 0 aromatic carbocycles. The fourth-order valence-corrected chi connectivity index (χ4v) is 2.61. The van der Waals surface area contributed by atoms with Crippen molar-refractivity contribution in [2.24, 2.45) is 17.6 Å². The Morgan fingerprint density at radius 3 is 2.57 bits per heavy atom. The molecule has 1 fully saturated rings. The van der Waals surface area contributed by atoms with Crippen molar-refractivity contribution in [3.63, 3.8) is 0 Å². The van der Waals surface area contributed by atoms with Gasteiger partial charge in [-0.2, -0.15) is 0 Å². The van der Waals surface area contributed by atoms with Gasteiger partial charge in [0.15, 0.2) is 0 Å². The summed E-state index contributed by atoms with van der Waals surface area (Å²) in [6, 6.07) is 0.0519. The number of urea groups is 1. The SMILES string of the molecule is CC(C)CNC(=O)N1CCCC(CC(=O)N(C)C(C)CN)C1.Cl. The lowest BCUT2D eigenvalue weighted by Gasteiger charge is -2.34. The summed E-state index contributed by atoms with van der Waals surface area (Å²) in [5.74, 6) is 0.809.